The van der Waals surface area contributed by atoms with E-state index in [1.165, 1.54) is 18.9 Å². The van der Waals surface area contributed by atoms with E-state index >= 15 is 0 Å². The Kier molecular flexibility index (Phi) is 5.39. The largest absolute Gasteiger partial charge is 0.478 e. The highest BCUT2D eigenvalue weighted by Gasteiger charge is 2.25. The molecule has 1 aromatic carbocycles. The molecule has 0 saturated carbocycles. The molecule has 0 bridgehead atoms. The lowest BCUT2D eigenvalue weighted by atomic mass is 10.2. The topological polar surface area (TPSA) is 29.5 Å². The number of carbonyl (C=O) groups excluding carboxylic acids is 1. The van der Waals surface area contributed by atoms with E-state index in [1.54, 1.807) is 18.2 Å². The van der Waals surface area contributed by atoms with E-state index in [-0.39, 0.29) is 11.7 Å². The highest BCUT2D eigenvalue weighted by Crippen LogP contribution is 2.20. The molecule has 110 valence electrons. The van der Waals surface area contributed by atoms with Gasteiger partial charge in [0.15, 0.2) is 17.7 Å². The number of para-hydroxylation sites is 1. The second-order valence-corrected chi connectivity index (χ2v) is 5.18. The van der Waals surface area contributed by atoms with Gasteiger partial charge in [-0.1, -0.05) is 31.9 Å². The van der Waals surface area contributed by atoms with Gasteiger partial charge in [-0.2, -0.15) is 0 Å². The molecule has 0 radical (unpaired) electrons. The third-order valence-electron chi connectivity index (χ3n) is 3.67. The summed E-state index contributed by atoms with van der Waals surface area (Å²) in [5, 5.41) is 0. The SMILES string of the molecule is CC[C@@H](Oc1ccccc1F)C(=O)N1CCCCCC1. The zero-order chi connectivity index (χ0) is 14.4. The first-order chi connectivity index (χ1) is 9.72. The highest BCUT2D eigenvalue weighted by molar-refractivity contribution is 5.81. The van der Waals surface area contributed by atoms with E-state index in [9.17, 15) is 9.18 Å². The van der Waals surface area contributed by atoms with Gasteiger partial charge in [0.05, 0.1) is 0 Å². The van der Waals surface area contributed by atoms with Gasteiger partial charge in [0.2, 0.25) is 0 Å². The molecule has 0 unspecified atom stereocenters. The lowest BCUT2D eigenvalue weighted by Crippen LogP contribution is -2.42. The van der Waals surface area contributed by atoms with Crippen molar-refractivity contribution in [3.05, 3.63) is 30.1 Å². The number of likely N-dealkylation sites (tertiary alicyclic amines) is 1. The molecule has 1 heterocycles. The lowest BCUT2D eigenvalue weighted by Gasteiger charge is -2.26. The van der Waals surface area contributed by atoms with Gasteiger partial charge >= 0.3 is 0 Å². The van der Waals surface area contributed by atoms with Gasteiger partial charge in [-0.3, -0.25) is 4.79 Å². The Balaban J connectivity index is 2.03. The van der Waals surface area contributed by atoms with Crippen LogP contribution in [0.4, 0.5) is 4.39 Å². The van der Waals surface area contributed by atoms with Crippen molar-refractivity contribution in [2.75, 3.05) is 13.1 Å². The Labute approximate surface area is 119 Å². The van der Waals surface area contributed by atoms with Crippen molar-refractivity contribution in [2.45, 2.75) is 45.1 Å². The van der Waals surface area contributed by atoms with Gasteiger partial charge in [-0.15, -0.1) is 0 Å². The van der Waals surface area contributed by atoms with E-state index in [2.05, 4.69) is 0 Å². The van der Waals surface area contributed by atoms with Crippen LogP contribution in [0.15, 0.2) is 24.3 Å². The predicted octanol–water partition coefficient (Wildman–Crippen LogP) is 3.39. The molecule has 1 aliphatic rings. The number of benzene rings is 1. The van der Waals surface area contributed by atoms with Gasteiger partial charge in [-0.05, 0) is 31.4 Å². The van der Waals surface area contributed by atoms with Crippen molar-refractivity contribution in [1.82, 2.24) is 4.90 Å². The Morgan fingerprint density at radius 3 is 2.50 bits per heavy atom. The molecule has 1 aliphatic heterocycles. The van der Waals surface area contributed by atoms with Crippen LogP contribution in [0.25, 0.3) is 0 Å². The summed E-state index contributed by atoms with van der Waals surface area (Å²) in [6.45, 7) is 3.47. The monoisotopic (exact) mass is 279 g/mol. The minimum Gasteiger partial charge on any atom is -0.478 e. The van der Waals surface area contributed by atoms with Crippen LogP contribution < -0.4 is 4.74 Å². The minimum atomic E-state index is -0.593. The maximum atomic E-state index is 13.6. The van der Waals surface area contributed by atoms with Crippen LogP contribution in [-0.4, -0.2) is 30.0 Å². The van der Waals surface area contributed by atoms with Crippen molar-refractivity contribution >= 4 is 5.91 Å². The molecule has 2 rings (SSSR count). The van der Waals surface area contributed by atoms with Crippen LogP contribution >= 0.6 is 0 Å². The molecule has 1 saturated heterocycles. The van der Waals surface area contributed by atoms with E-state index in [1.807, 2.05) is 11.8 Å². The standard InChI is InChI=1S/C16H22FNO2/c1-2-14(20-15-10-6-5-9-13(15)17)16(19)18-11-7-3-4-8-12-18/h5-6,9-10,14H,2-4,7-8,11-12H2,1H3/t14-/m1/s1. The van der Waals surface area contributed by atoms with Crippen molar-refractivity contribution in [3.8, 4) is 5.75 Å². The third-order valence-corrected chi connectivity index (χ3v) is 3.67. The average molecular weight is 279 g/mol. The Hall–Kier alpha value is -1.58. The van der Waals surface area contributed by atoms with Gasteiger partial charge in [-0.25, -0.2) is 4.39 Å². The molecule has 20 heavy (non-hydrogen) atoms. The molecular formula is C16H22FNO2. The first kappa shape index (κ1) is 14.8. The fraction of sp³-hybridized carbons (Fsp3) is 0.562. The van der Waals surface area contributed by atoms with Gasteiger partial charge in [0, 0.05) is 13.1 Å². The predicted molar refractivity (Wildman–Crippen MR) is 76.2 cm³/mol. The molecule has 0 spiro atoms. The molecular weight excluding hydrogens is 257 g/mol. The second-order valence-electron chi connectivity index (χ2n) is 5.18. The summed E-state index contributed by atoms with van der Waals surface area (Å²) in [5.74, 6) is -0.283. The van der Waals surface area contributed by atoms with Crippen molar-refractivity contribution in [3.63, 3.8) is 0 Å². The summed E-state index contributed by atoms with van der Waals surface area (Å²) < 4.78 is 19.2. The Morgan fingerprint density at radius 1 is 1.25 bits per heavy atom. The molecule has 1 aromatic rings. The summed E-state index contributed by atoms with van der Waals surface area (Å²) in [7, 11) is 0. The number of hydrogen-bond donors (Lipinski definition) is 0. The maximum absolute atomic E-state index is 13.6. The fourth-order valence-electron chi connectivity index (χ4n) is 2.50. The Morgan fingerprint density at radius 2 is 1.90 bits per heavy atom. The van der Waals surface area contributed by atoms with E-state index in [0.717, 1.165) is 25.9 Å². The van der Waals surface area contributed by atoms with E-state index < -0.39 is 11.9 Å². The molecule has 0 aromatic heterocycles. The number of nitrogens with zero attached hydrogens (tertiary/aromatic N) is 1. The fourth-order valence-corrected chi connectivity index (χ4v) is 2.50. The van der Waals surface area contributed by atoms with E-state index in [4.69, 9.17) is 4.74 Å². The van der Waals surface area contributed by atoms with Crippen LogP contribution in [0, 0.1) is 5.82 Å². The maximum Gasteiger partial charge on any atom is 0.263 e. The molecule has 1 amide bonds. The second kappa shape index (κ2) is 7.27. The summed E-state index contributed by atoms with van der Waals surface area (Å²) in [5.41, 5.74) is 0. The summed E-state index contributed by atoms with van der Waals surface area (Å²) in [6.07, 6.45) is 4.39. The van der Waals surface area contributed by atoms with Crippen LogP contribution in [0.3, 0.4) is 0 Å². The van der Waals surface area contributed by atoms with Crippen molar-refractivity contribution < 1.29 is 13.9 Å². The molecule has 0 aliphatic carbocycles. The van der Waals surface area contributed by atoms with Crippen LogP contribution in [0.1, 0.15) is 39.0 Å². The summed E-state index contributed by atoms with van der Waals surface area (Å²) >= 11 is 0. The summed E-state index contributed by atoms with van der Waals surface area (Å²) in [6, 6.07) is 6.23. The molecule has 1 fully saturated rings. The number of amides is 1. The molecule has 1 atom stereocenters. The zero-order valence-corrected chi connectivity index (χ0v) is 12.0. The summed E-state index contributed by atoms with van der Waals surface area (Å²) in [4.78, 5) is 14.3. The number of hydrogen-bond acceptors (Lipinski definition) is 2. The van der Waals surface area contributed by atoms with E-state index in [0.29, 0.717) is 6.42 Å². The van der Waals surface area contributed by atoms with Gasteiger partial charge < -0.3 is 9.64 Å². The number of ether oxygens (including phenoxy) is 1. The lowest BCUT2D eigenvalue weighted by molar-refractivity contribution is -0.138. The van der Waals surface area contributed by atoms with Crippen LogP contribution in [0.5, 0.6) is 5.75 Å². The third kappa shape index (κ3) is 3.71. The average Bonchev–Trinajstić information content (AvgIpc) is 2.75. The smallest absolute Gasteiger partial charge is 0.263 e. The zero-order valence-electron chi connectivity index (χ0n) is 12.0. The van der Waals surface area contributed by atoms with Crippen LogP contribution in [0.2, 0.25) is 0 Å². The van der Waals surface area contributed by atoms with Crippen LogP contribution in [-0.2, 0) is 4.79 Å². The molecule has 0 N–H and O–H groups in total. The minimum absolute atomic E-state index is 0.0161. The first-order valence-electron chi connectivity index (χ1n) is 7.42. The Bertz CT molecular complexity index is 442. The first-order valence-corrected chi connectivity index (χ1v) is 7.42. The number of carbonyl (C=O) groups is 1. The molecule has 4 heteroatoms. The number of halogens is 1. The number of rotatable bonds is 4. The van der Waals surface area contributed by atoms with Crippen molar-refractivity contribution in [2.24, 2.45) is 0 Å². The highest BCUT2D eigenvalue weighted by atomic mass is 19.1. The van der Waals surface area contributed by atoms with Crippen molar-refractivity contribution in [1.29, 1.82) is 0 Å². The van der Waals surface area contributed by atoms with Gasteiger partial charge in [0.1, 0.15) is 0 Å². The normalized spacial score (nSPS) is 17.4. The van der Waals surface area contributed by atoms with Gasteiger partial charge in [0.25, 0.3) is 5.91 Å². The quantitative estimate of drug-likeness (QED) is 0.845. The molecule has 3 nitrogen and oxygen atoms in total.